The molecule has 1 aromatic carbocycles. The minimum atomic E-state index is -1.12. The van der Waals surface area contributed by atoms with Gasteiger partial charge in [-0.2, -0.15) is 4.68 Å². The van der Waals surface area contributed by atoms with Crippen LogP contribution in [0.2, 0.25) is 0 Å². The number of anilines is 1. The lowest BCUT2D eigenvalue weighted by atomic mass is 10.0. The molecule has 0 saturated heterocycles. The van der Waals surface area contributed by atoms with Gasteiger partial charge in [0.15, 0.2) is 0 Å². The zero-order chi connectivity index (χ0) is 25.6. The summed E-state index contributed by atoms with van der Waals surface area (Å²) < 4.78 is 4.07. The van der Waals surface area contributed by atoms with Crippen LogP contribution in [-0.2, 0) is 19.2 Å². The van der Waals surface area contributed by atoms with Crippen molar-refractivity contribution in [3.05, 3.63) is 99.1 Å². The van der Waals surface area contributed by atoms with Gasteiger partial charge in [-0.1, -0.05) is 36.4 Å². The van der Waals surface area contributed by atoms with Crippen LogP contribution in [0.4, 0.5) is 5.95 Å². The molecule has 10 heteroatoms. The molecular weight excluding hydrogens is 458 g/mol. The summed E-state index contributed by atoms with van der Waals surface area (Å²) in [5.41, 5.74) is 8.83. The average Bonchev–Trinajstić information content (AvgIpc) is 3.17. The van der Waals surface area contributed by atoms with Crippen molar-refractivity contribution in [1.82, 2.24) is 23.7 Å². The molecule has 4 aromatic heterocycles. The zero-order valence-corrected chi connectivity index (χ0v) is 20.1. The topological polar surface area (TPSA) is 135 Å². The van der Waals surface area contributed by atoms with Crippen LogP contribution in [0.1, 0.15) is 25.2 Å². The Hall–Kier alpha value is -4.57. The Morgan fingerprint density at radius 3 is 2.44 bits per heavy atom. The standard InChI is InChI=1S/C26H25N7O3/c1-26(2,36)19-11-7-10-18(28-19)15-32-25(35)33-23(30-32)21(17-12-13-20(34)31(3)14-17)22(29-24(33)27)16-8-5-4-6-9-16/h4-14,36H,15H2,1-3H3,(H2,27,29)/p+1. The number of pyridine rings is 2. The Balaban J connectivity index is 1.76. The molecule has 0 amide bonds. The van der Waals surface area contributed by atoms with Gasteiger partial charge < -0.3 is 9.67 Å². The highest BCUT2D eigenvalue weighted by Gasteiger charge is 2.26. The van der Waals surface area contributed by atoms with Crippen LogP contribution < -0.4 is 22.0 Å². The highest BCUT2D eigenvalue weighted by molar-refractivity contribution is 5.88. The van der Waals surface area contributed by atoms with Gasteiger partial charge in [-0.05, 0) is 32.0 Å². The first-order valence-electron chi connectivity index (χ1n) is 11.4. The third-order valence-corrected chi connectivity index (χ3v) is 5.99. The van der Waals surface area contributed by atoms with Crippen molar-refractivity contribution < 1.29 is 10.1 Å². The number of benzene rings is 1. The first-order chi connectivity index (χ1) is 17.1. The second-order valence-electron chi connectivity index (χ2n) is 9.17. The summed E-state index contributed by atoms with van der Waals surface area (Å²) in [5.74, 6) is 0.117. The second-order valence-corrected chi connectivity index (χ2v) is 9.17. The number of nitrogen functional groups attached to an aromatic ring is 1. The maximum Gasteiger partial charge on any atom is 0.411 e. The van der Waals surface area contributed by atoms with Gasteiger partial charge in [0.25, 0.3) is 0 Å². The summed E-state index contributed by atoms with van der Waals surface area (Å²) in [4.78, 5) is 33.2. The van der Waals surface area contributed by atoms with E-state index in [4.69, 9.17) is 5.73 Å². The molecule has 0 aliphatic heterocycles. The number of nitrogens with one attached hydrogen (secondary N) is 1. The number of hydrogen-bond donors (Lipinski definition) is 2. The van der Waals surface area contributed by atoms with Crippen molar-refractivity contribution in [1.29, 1.82) is 0 Å². The van der Waals surface area contributed by atoms with Crippen molar-refractivity contribution in [2.75, 3.05) is 5.73 Å². The number of aliphatic hydroxyl groups is 1. The van der Waals surface area contributed by atoms with Crippen LogP contribution in [0.15, 0.2) is 76.4 Å². The van der Waals surface area contributed by atoms with Gasteiger partial charge in [0.2, 0.25) is 11.2 Å². The predicted octanol–water partition coefficient (Wildman–Crippen LogP) is 1.60. The van der Waals surface area contributed by atoms with Crippen molar-refractivity contribution in [2.45, 2.75) is 26.0 Å². The second kappa shape index (κ2) is 8.58. The molecule has 0 atom stereocenters. The molecule has 182 valence electrons. The Labute approximate surface area is 205 Å². The van der Waals surface area contributed by atoms with Crippen molar-refractivity contribution in [3.63, 3.8) is 0 Å². The van der Waals surface area contributed by atoms with Crippen LogP contribution >= 0.6 is 0 Å². The Bertz CT molecular complexity index is 1710. The van der Waals surface area contributed by atoms with E-state index in [2.05, 4.69) is 15.1 Å². The minimum Gasteiger partial charge on any atom is -0.384 e. The van der Waals surface area contributed by atoms with Crippen molar-refractivity contribution in [2.24, 2.45) is 7.05 Å². The number of H-pyrrole nitrogens is 1. The van der Waals surface area contributed by atoms with Crippen molar-refractivity contribution in [3.8, 4) is 22.4 Å². The third kappa shape index (κ3) is 4.07. The van der Waals surface area contributed by atoms with E-state index in [-0.39, 0.29) is 18.1 Å². The molecule has 0 spiro atoms. The maximum atomic E-state index is 13.4. The summed E-state index contributed by atoms with van der Waals surface area (Å²) in [7, 11) is 1.66. The molecule has 0 fully saturated rings. The lowest BCUT2D eigenvalue weighted by Gasteiger charge is -2.16. The van der Waals surface area contributed by atoms with E-state index in [0.717, 1.165) is 5.56 Å². The van der Waals surface area contributed by atoms with Gasteiger partial charge in [-0.15, -0.1) is 9.50 Å². The summed E-state index contributed by atoms with van der Waals surface area (Å²) in [6, 6.07) is 18.0. The van der Waals surface area contributed by atoms with Crippen LogP contribution in [0.3, 0.4) is 0 Å². The summed E-state index contributed by atoms with van der Waals surface area (Å²) in [6.07, 6.45) is 1.70. The van der Waals surface area contributed by atoms with Crippen LogP contribution in [-0.4, -0.2) is 28.8 Å². The highest BCUT2D eigenvalue weighted by atomic mass is 16.3. The Morgan fingerprint density at radius 2 is 1.75 bits per heavy atom. The average molecular weight is 485 g/mol. The van der Waals surface area contributed by atoms with E-state index < -0.39 is 11.3 Å². The van der Waals surface area contributed by atoms with Crippen LogP contribution in [0.5, 0.6) is 0 Å². The first-order valence-corrected chi connectivity index (χ1v) is 11.4. The van der Waals surface area contributed by atoms with Gasteiger partial charge in [-0.25, -0.2) is 9.78 Å². The quantitative estimate of drug-likeness (QED) is 0.389. The number of nitrogens with zero attached hydrogens (tertiary/aromatic N) is 5. The fourth-order valence-electron chi connectivity index (χ4n) is 4.15. The molecule has 0 unspecified atom stereocenters. The molecule has 4 heterocycles. The number of nitrogens with two attached hydrogens (primary N) is 1. The van der Waals surface area contributed by atoms with Gasteiger partial charge in [0.1, 0.15) is 11.3 Å². The van der Waals surface area contributed by atoms with Crippen molar-refractivity contribution >= 4 is 11.6 Å². The van der Waals surface area contributed by atoms with E-state index in [0.29, 0.717) is 33.9 Å². The molecule has 0 aliphatic rings. The van der Waals surface area contributed by atoms with Crippen LogP contribution in [0.25, 0.3) is 28.0 Å². The molecule has 10 nitrogen and oxygen atoms in total. The molecular formula is C26H26N7O3+. The predicted molar refractivity (Wildman–Crippen MR) is 135 cm³/mol. The molecule has 0 saturated carbocycles. The summed E-state index contributed by atoms with van der Waals surface area (Å²) in [5, 5.41) is 15.0. The molecule has 0 aliphatic carbocycles. The number of rotatable bonds is 5. The molecule has 0 radical (unpaired) electrons. The lowest BCUT2D eigenvalue weighted by Crippen LogP contribution is -2.28. The smallest absolute Gasteiger partial charge is 0.384 e. The van der Waals surface area contributed by atoms with E-state index in [9.17, 15) is 14.7 Å². The number of fused-ring (bicyclic) bond motifs is 1. The molecule has 0 bridgehead atoms. The minimum absolute atomic E-state index is 0.0806. The van der Waals surface area contributed by atoms with Crippen LogP contribution in [0, 0.1) is 0 Å². The largest absolute Gasteiger partial charge is 0.411 e. The highest BCUT2D eigenvalue weighted by Crippen LogP contribution is 2.31. The number of aromatic amines is 1. The lowest BCUT2D eigenvalue weighted by molar-refractivity contribution is -0.351. The summed E-state index contributed by atoms with van der Waals surface area (Å²) >= 11 is 0. The normalized spacial score (nSPS) is 11.8. The van der Waals surface area contributed by atoms with Gasteiger partial charge in [-0.3, -0.25) is 15.5 Å². The Kier molecular flexibility index (Phi) is 5.52. The SMILES string of the molecule is Cn1cc(-c2c(-c3ccccc3)[nH+]c(N)n3c(=O)n(Cc4cccc(C(C)(C)O)n4)nc23)ccc1=O. The maximum absolute atomic E-state index is 13.4. The molecule has 4 N–H and O–H groups in total. The van der Waals surface area contributed by atoms with Gasteiger partial charge in [0, 0.05) is 30.4 Å². The zero-order valence-electron chi connectivity index (χ0n) is 20.1. The monoisotopic (exact) mass is 484 g/mol. The Morgan fingerprint density at radius 1 is 1.00 bits per heavy atom. The third-order valence-electron chi connectivity index (χ3n) is 5.99. The fourth-order valence-corrected chi connectivity index (χ4v) is 4.15. The van der Waals surface area contributed by atoms with E-state index in [1.54, 1.807) is 51.4 Å². The fraction of sp³-hybridized carbons (Fsp3) is 0.192. The van der Waals surface area contributed by atoms with Gasteiger partial charge in [0.05, 0.1) is 23.5 Å². The van der Waals surface area contributed by atoms with E-state index in [1.165, 1.54) is 19.7 Å². The first kappa shape index (κ1) is 23.2. The summed E-state index contributed by atoms with van der Waals surface area (Å²) in [6.45, 7) is 3.38. The van der Waals surface area contributed by atoms with Gasteiger partial charge >= 0.3 is 11.6 Å². The van der Waals surface area contributed by atoms with E-state index >= 15 is 0 Å². The number of hydrogen-bond acceptors (Lipinski definition) is 6. The number of aromatic nitrogens is 6. The molecule has 5 rings (SSSR count). The number of aryl methyl sites for hydroxylation is 1. The van der Waals surface area contributed by atoms with E-state index in [1.807, 2.05) is 30.3 Å². The molecule has 36 heavy (non-hydrogen) atoms. The molecule has 5 aromatic rings.